The molecule has 1 aromatic rings. The van der Waals surface area contributed by atoms with Crippen LogP contribution < -0.4 is 4.74 Å². The Labute approximate surface area is 103 Å². The summed E-state index contributed by atoms with van der Waals surface area (Å²) in [6.07, 6.45) is 1.61. The van der Waals surface area contributed by atoms with Gasteiger partial charge >= 0.3 is 0 Å². The second-order valence-electron chi connectivity index (χ2n) is 4.35. The Morgan fingerprint density at radius 3 is 3.06 bits per heavy atom. The zero-order valence-electron chi connectivity index (χ0n) is 10.2. The third-order valence-electron chi connectivity index (χ3n) is 3.30. The maximum absolute atomic E-state index is 8.86. The molecule has 0 saturated carbocycles. The van der Waals surface area contributed by atoms with Crippen molar-refractivity contribution >= 4 is 0 Å². The number of nitrogens with zero attached hydrogens (tertiary/aromatic N) is 2. The van der Waals surface area contributed by atoms with E-state index in [9.17, 15) is 0 Å². The highest BCUT2D eigenvalue weighted by atomic mass is 16.5. The Hall–Kier alpha value is -1.53. The molecule has 0 spiro atoms. The van der Waals surface area contributed by atoms with Crippen molar-refractivity contribution in [3.8, 4) is 11.8 Å². The Balaban J connectivity index is 2.15. The van der Waals surface area contributed by atoms with Gasteiger partial charge in [-0.25, -0.2) is 0 Å². The molecular weight excluding hydrogens is 212 g/mol. The number of rotatable bonds is 3. The maximum atomic E-state index is 8.86. The third-order valence-corrected chi connectivity index (χ3v) is 3.30. The fourth-order valence-corrected chi connectivity index (χ4v) is 2.29. The van der Waals surface area contributed by atoms with E-state index in [0.29, 0.717) is 19.1 Å². The Morgan fingerprint density at radius 2 is 2.29 bits per heavy atom. The van der Waals surface area contributed by atoms with Crippen LogP contribution in [0, 0.1) is 11.3 Å². The second kappa shape index (κ2) is 5.70. The summed E-state index contributed by atoms with van der Waals surface area (Å²) in [7, 11) is 0. The summed E-state index contributed by atoms with van der Waals surface area (Å²) in [6.45, 7) is 4.63. The molecule has 0 bridgehead atoms. The quantitative estimate of drug-likeness (QED) is 0.800. The highest BCUT2D eigenvalue weighted by Gasteiger charge is 2.20. The molecule has 0 saturated heterocycles. The van der Waals surface area contributed by atoms with Crippen molar-refractivity contribution in [2.45, 2.75) is 32.4 Å². The van der Waals surface area contributed by atoms with Crippen molar-refractivity contribution in [2.75, 3.05) is 13.2 Å². The molecule has 0 N–H and O–H groups in total. The van der Waals surface area contributed by atoms with E-state index in [4.69, 9.17) is 10.00 Å². The summed E-state index contributed by atoms with van der Waals surface area (Å²) in [6, 6.07) is 10.8. The number of para-hydroxylation sites is 1. The third kappa shape index (κ3) is 2.78. The predicted octanol–water partition coefficient (Wildman–Crippen LogP) is 2.57. The van der Waals surface area contributed by atoms with E-state index in [1.807, 2.05) is 18.2 Å². The highest BCUT2D eigenvalue weighted by molar-refractivity contribution is 5.33. The van der Waals surface area contributed by atoms with E-state index < -0.39 is 0 Å². The van der Waals surface area contributed by atoms with Crippen molar-refractivity contribution in [2.24, 2.45) is 0 Å². The van der Waals surface area contributed by atoms with Crippen molar-refractivity contribution in [3.05, 3.63) is 29.8 Å². The van der Waals surface area contributed by atoms with Gasteiger partial charge in [-0.3, -0.25) is 4.90 Å². The zero-order valence-corrected chi connectivity index (χ0v) is 10.2. The highest BCUT2D eigenvalue weighted by Crippen LogP contribution is 2.24. The molecule has 0 aliphatic carbocycles. The maximum Gasteiger partial charge on any atom is 0.123 e. The van der Waals surface area contributed by atoms with Gasteiger partial charge in [0.25, 0.3) is 0 Å². The van der Waals surface area contributed by atoms with E-state index in [2.05, 4.69) is 24.0 Å². The standard InChI is InChI=1S/C14H18N2O/c1-2-13(7-8-15)16-9-10-17-14-6-4-3-5-12(14)11-16/h3-6,13H,2,7,9-11H2,1H3. The molecule has 90 valence electrons. The lowest BCUT2D eigenvalue weighted by Crippen LogP contribution is -2.35. The van der Waals surface area contributed by atoms with Gasteiger partial charge in [-0.1, -0.05) is 25.1 Å². The van der Waals surface area contributed by atoms with E-state index in [1.54, 1.807) is 0 Å². The van der Waals surface area contributed by atoms with E-state index in [1.165, 1.54) is 5.56 Å². The molecule has 2 rings (SSSR count). The van der Waals surface area contributed by atoms with Crippen molar-refractivity contribution in [1.82, 2.24) is 4.90 Å². The molecule has 1 aromatic carbocycles. The Morgan fingerprint density at radius 1 is 1.47 bits per heavy atom. The zero-order chi connectivity index (χ0) is 12.1. The topological polar surface area (TPSA) is 36.3 Å². The average molecular weight is 230 g/mol. The van der Waals surface area contributed by atoms with Crippen LogP contribution in [-0.2, 0) is 6.54 Å². The Kier molecular flexibility index (Phi) is 4.00. The van der Waals surface area contributed by atoms with Crippen molar-refractivity contribution in [3.63, 3.8) is 0 Å². The minimum atomic E-state index is 0.342. The van der Waals surface area contributed by atoms with Crippen LogP contribution >= 0.6 is 0 Å². The summed E-state index contributed by atoms with van der Waals surface area (Å²) in [5.74, 6) is 0.988. The van der Waals surface area contributed by atoms with Gasteiger partial charge in [-0.15, -0.1) is 0 Å². The fraction of sp³-hybridized carbons (Fsp3) is 0.500. The molecule has 1 heterocycles. The molecule has 17 heavy (non-hydrogen) atoms. The first-order valence-electron chi connectivity index (χ1n) is 6.17. The number of hydrogen-bond acceptors (Lipinski definition) is 3. The number of nitriles is 1. The molecule has 0 radical (unpaired) electrons. The molecule has 0 fully saturated rings. The first-order chi connectivity index (χ1) is 8.35. The Bertz CT molecular complexity index is 411. The van der Waals surface area contributed by atoms with E-state index >= 15 is 0 Å². The van der Waals surface area contributed by atoms with Crippen LogP contribution in [0.4, 0.5) is 0 Å². The number of hydrogen-bond donors (Lipinski definition) is 0. The SMILES string of the molecule is CCC(CC#N)N1CCOc2ccccc2C1. The fourth-order valence-electron chi connectivity index (χ4n) is 2.29. The molecule has 0 amide bonds. The molecular formula is C14H18N2O. The minimum absolute atomic E-state index is 0.342. The van der Waals surface area contributed by atoms with Gasteiger partial charge in [-0.2, -0.15) is 5.26 Å². The summed E-state index contributed by atoms with van der Waals surface area (Å²) in [5.41, 5.74) is 1.22. The second-order valence-corrected chi connectivity index (χ2v) is 4.35. The lowest BCUT2D eigenvalue weighted by molar-refractivity contribution is 0.166. The van der Waals surface area contributed by atoms with Gasteiger partial charge in [0.1, 0.15) is 12.4 Å². The summed E-state index contributed by atoms with van der Waals surface area (Å²) in [5, 5.41) is 8.86. The average Bonchev–Trinajstić information content (AvgIpc) is 2.57. The molecule has 1 unspecified atom stereocenters. The van der Waals surface area contributed by atoms with E-state index in [-0.39, 0.29) is 0 Å². The number of benzene rings is 1. The smallest absolute Gasteiger partial charge is 0.123 e. The minimum Gasteiger partial charge on any atom is -0.492 e. The molecule has 3 nitrogen and oxygen atoms in total. The van der Waals surface area contributed by atoms with Crippen LogP contribution in [0.1, 0.15) is 25.3 Å². The van der Waals surface area contributed by atoms with Crippen molar-refractivity contribution < 1.29 is 4.74 Å². The lowest BCUT2D eigenvalue weighted by Gasteiger charge is -2.27. The summed E-state index contributed by atoms with van der Waals surface area (Å²) >= 11 is 0. The van der Waals surface area contributed by atoms with Gasteiger partial charge < -0.3 is 4.74 Å². The monoisotopic (exact) mass is 230 g/mol. The van der Waals surface area contributed by atoms with Crippen molar-refractivity contribution in [1.29, 1.82) is 5.26 Å². The first kappa shape index (κ1) is 11.9. The lowest BCUT2D eigenvalue weighted by atomic mass is 10.1. The van der Waals surface area contributed by atoms with Crippen LogP contribution in [0.3, 0.4) is 0 Å². The van der Waals surface area contributed by atoms with Gasteiger partial charge in [0, 0.05) is 24.7 Å². The van der Waals surface area contributed by atoms with Crippen LogP contribution in [-0.4, -0.2) is 24.1 Å². The first-order valence-corrected chi connectivity index (χ1v) is 6.17. The van der Waals surface area contributed by atoms with Crippen LogP contribution in [0.25, 0.3) is 0 Å². The van der Waals surface area contributed by atoms with Gasteiger partial charge in [0.2, 0.25) is 0 Å². The van der Waals surface area contributed by atoms with E-state index in [0.717, 1.165) is 25.3 Å². The van der Waals surface area contributed by atoms with Gasteiger partial charge in [0.05, 0.1) is 12.5 Å². The van der Waals surface area contributed by atoms with Crippen LogP contribution in [0.15, 0.2) is 24.3 Å². The molecule has 1 aliphatic rings. The van der Waals surface area contributed by atoms with Gasteiger partial charge in [0.15, 0.2) is 0 Å². The normalized spacial score (nSPS) is 17.4. The summed E-state index contributed by atoms with van der Waals surface area (Å²) in [4.78, 5) is 2.36. The predicted molar refractivity (Wildman–Crippen MR) is 66.7 cm³/mol. The number of ether oxygens (including phenoxy) is 1. The molecule has 1 atom stereocenters. The van der Waals surface area contributed by atoms with Crippen LogP contribution in [0.5, 0.6) is 5.75 Å². The summed E-state index contributed by atoms with van der Waals surface area (Å²) < 4.78 is 5.73. The molecule has 3 heteroatoms. The molecule has 1 aliphatic heterocycles. The van der Waals surface area contributed by atoms with Gasteiger partial charge in [-0.05, 0) is 12.5 Å². The van der Waals surface area contributed by atoms with Crippen LogP contribution in [0.2, 0.25) is 0 Å². The largest absolute Gasteiger partial charge is 0.492 e. The molecule has 0 aromatic heterocycles. The number of fused-ring (bicyclic) bond motifs is 1.